The van der Waals surface area contributed by atoms with Gasteiger partial charge in [0.15, 0.2) is 0 Å². The van der Waals surface area contributed by atoms with Gasteiger partial charge in [0.1, 0.15) is 0 Å². The van der Waals surface area contributed by atoms with Crippen molar-refractivity contribution in [3.8, 4) is 0 Å². The number of benzene rings is 1. The Morgan fingerprint density at radius 3 is 2.52 bits per heavy atom. The average molecular weight is 317 g/mol. The molecule has 2 aliphatic heterocycles. The Kier molecular flexibility index (Phi) is 5.18. The van der Waals surface area contributed by atoms with Gasteiger partial charge in [0.25, 0.3) is 0 Å². The van der Waals surface area contributed by atoms with Gasteiger partial charge in [-0.05, 0) is 51.9 Å². The first-order valence-corrected chi connectivity index (χ1v) is 8.64. The normalized spacial score (nSPS) is 26.1. The van der Waals surface area contributed by atoms with E-state index < -0.39 is 0 Å². The van der Waals surface area contributed by atoms with Crippen LogP contribution in [0.3, 0.4) is 0 Å². The number of amides is 1. The number of carbonyl (C=O) groups is 1. The van der Waals surface area contributed by atoms with Crippen LogP contribution in [-0.4, -0.2) is 44.3 Å². The number of para-hydroxylation sites is 2. The number of piperidine rings is 1. The number of anilines is 2. The summed E-state index contributed by atoms with van der Waals surface area (Å²) in [6, 6.07) is 8.09. The van der Waals surface area contributed by atoms with Gasteiger partial charge in [0.05, 0.1) is 23.6 Å². The molecule has 0 radical (unpaired) electrons. The van der Waals surface area contributed by atoms with Crippen molar-refractivity contribution in [1.29, 1.82) is 0 Å². The summed E-state index contributed by atoms with van der Waals surface area (Å²) in [6.07, 6.45) is 2.23. The molecular formula is C18H27N3O2. The fourth-order valence-corrected chi connectivity index (χ4v) is 3.55. The number of nitrogens with zero attached hydrogens (tertiary/aromatic N) is 1. The minimum Gasteiger partial charge on any atom is -0.372 e. The van der Waals surface area contributed by atoms with Crippen LogP contribution in [0, 0.1) is 5.92 Å². The van der Waals surface area contributed by atoms with Gasteiger partial charge in [-0.25, -0.2) is 0 Å². The number of ether oxygens (including phenoxy) is 1. The summed E-state index contributed by atoms with van der Waals surface area (Å²) in [5.74, 6) is 0.264. The summed E-state index contributed by atoms with van der Waals surface area (Å²) in [6.45, 7) is 7.75. The van der Waals surface area contributed by atoms with Gasteiger partial charge in [-0.15, -0.1) is 0 Å². The predicted molar refractivity (Wildman–Crippen MR) is 92.9 cm³/mol. The Balaban J connectivity index is 1.73. The van der Waals surface area contributed by atoms with E-state index in [4.69, 9.17) is 4.74 Å². The molecule has 1 aromatic carbocycles. The topological polar surface area (TPSA) is 53.6 Å². The van der Waals surface area contributed by atoms with Crippen LogP contribution in [0.5, 0.6) is 0 Å². The molecule has 1 amide bonds. The minimum absolute atomic E-state index is 0.117. The van der Waals surface area contributed by atoms with Gasteiger partial charge >= 0.3 is 0 Å². The lowest BCUT2D eigenvalue weighted by Gasteiger charge is -2.37. The zero-order valence-electron chi connectivity index (χ0n) is 14.0. The van der Waals surface area contributed by atoms with Crippen molar-refractivity contribution in [3.05, 3.63) is 24.3 Å². The van der Waals surface area contributed by atoms with Crippen molar-refractivity contribution >= 4 is 17.3 Å². The molecule has 0 aliphatic carbocycles. The third-order valence-electron chi connectivity index (χ3n) is 4.63. The molecule has 2 heterocycles. The van der Waals surface area contributed by atoms with E-state index in [9.17, 15) is 4.79 Å². The third-order valence-corrected chi connectivity index (χ3v) is 4.63. The minimum atomic E-state index is 0.117. The van der Waals surface area contributed by atoms with Crippen LogP contribution in [0.15, 0.2) is 24.3 Å². The summed E-state index contributed by atoms with van der Waals surface area (Å²) in [5.41, 5.74) is 2.01. The highest BCUT2D eigenvalue weighted by atomic mass is 16.5. The van der Waals surface area contributed by atoms with Gasteiger partial charge in [-0.1, -0.05) is 12.1 Å². The molecule has 0 spiro atoms. The maximum Gasteiger partial charge on any atom is 0.227 e. The molecule has 1 aromatic rings. The number of hydrogen-bond acceptors (Lipinski definition) is 4. The lowest BCUT2D eigenvalue weighted by atomic mass is 9.97. The fraction of sp³-hybridized carbons (Fsp3) is 0.611. The van der Waals surface area contributed by atoms with Gasteiger partial charge in [-0.3, -0.25) is 4.79 Å². The molecule has 0 aromatic heterocycles. The number of nitrogens with one attached hydrogen (secondary N) is 2. The molecule has 2 aliphatic rings. The van der Waals surface area contributed by atoms with E-state index in [0.29, 0.717) is 0 Å². The zero-order chi connectivity index (χ0) is 16.2. The Morgan fingerprint density at radius 1 is 1.17 bits per heavy atom. The summed E-state index contributed by atoms with van der Waals surface area (Å²) in [7, 11) is 0. The van der Waals surface area contributed by atoms with E-state index in [0.717, 1.165) is 50.4 Å². The van der Waals surface area contributed by atoms with Crippen molar-refractivity contribution in [2.24, 2.45) is 5.92 Å². The molecule has 2 N–H and O–H groups in total. The van der Waals surface area contributed by atoms with Crippen molar-refractivity contribution in [1.82, 2.24) is 5.32 Å². The summed E-state index contributed by atoms with van der Waals surface area (Å²) in [4.78, 5) is 14.9. The van der Waals surface area contributed by atoms with Gasteiger partial charge < -0.3 is 20.3 Å². The van der Waals surface area contributed by atoms with Gasteiger partial charge in [0.2, 0.25) is 5.91 Å². The molecule has 2 saturated heterocycles. The quantitative estimate of drug-likeness (QED) is 0.898. The Morgan fingerprint density at radius 2 is 1.83 bits per heavy atom. The van der Waals surface area contributed by atoms with E-state index in [1.54, 1.807) is 0 Å². The second kappa shape index (κ2) is 7.32. The zero-order valence-corrected chi connectivity index (χ0v) is 14.0. The molecular weight excluding hydrogens is 290 g/mol. The lowest BCUT2D eigenvalue weighted by Crippen LogP contribution is -2.45. The van der Waals surface area contributed by atoms with Crippen LogP contribution >= 0.6 is 0 Å². The number of rotatable bonds is 3. The summed E-state index contributed by atoms with van der Waals surface area (Å²) in [5, 5.41) is 6.46. The van der Waals surface area contributed by atoms with Crippen LogP contribution in [0.4, 0.5) is 11.4 Å². The van der Waals surface area contributed by atoms with E-state index in [1.807, 2.05) is 18.2 Å². The van der Waals surface area contributed by atoms with Crippen LogP contribution in [0.2, 0.25) is 0 Å². The highest BCUT2D eigenvalue weighted by molar-refractivity contribution is 5.95. The van der Waals surface area contributed by atoms with Crippen molar-refractivity contribution in [2.45, 2.75) is 38.9 Å². The van der Waals surface area contributed by atoms with E-state index >= 15 is 0 Å². The summed E-state index contributed by atoms with van der Waals surface area (Å²) >= 11 is 0. The molecule has 0 bridgehead atoms. The number of hydrogen-bond donors (Lipinski definition) is 2. The fourth-order valence-electron chi connectivity index (χ4n) is 3.55. The molecule has 2 atom stereocenters. The molecule has 2 fully saturated rings. The Labute approximate surface area is 138 Å². The largest absolute Gasteiger partial charge is 0.372 e. The smallest absolute Gasteiger partial charge is 0.227 e. The molecule has 3 rings (SSSR count). The van der Waals surface area contributed by atoms with Crippen LogP contribution < -0.4 is 15.5 Å². The van der Waals surface area contributed by atoms with E-state index in [1.165, 1.54) is 0 Å². The first-order chi connectivity index (χ1) is 11.1. The molecule has 2 unspecified atom stereocenters. The Bertz CT molecular complexity index is 533. The van der Waals surface area contributed by atoms with Gasteiger partial charge in [0, 0.05) is 19.0 Å². The molecule has 126 valence electrons. The number of carbonyl (C=O) groups excluding carboxylic acids is 1. The second-order valence-electron chi connectivity index (χ2n) is 6.69. The van der Waals surface area contributed by atoms with Gasteiger partial charge in [-0.2, -0.15) is 0 Å². The summed E-state index contributed by atoms with van der Waals surface area (Å²) < 4.78 is 5.82. The molecule has 0 saturated carbocycles. The first-order valence-electron chi connectivity index (χ1n) is 8.64. The number of morpholine rings is 1. The van der Waals surface area contributed by atoms with Crippen molar-refractivity contribution in [2.75, 3.05) is 36.4 Å². The van der Waals surface area contributed by atoms with E-state index in [-0.39, 0.29) is 24.0 Å². The average Bonchev–Trinajstić information content (AvgIpc) is 2.55. The van der Waals surface area contributed by atoms with Crippen LogP contribution in [0.1, 0.15) is 26.7 Å². The molecule has 23 heavy (non-hydrogen) atoms. The standard InChI is InChI=1S/C18H27N3O2/c1-13-11-21(12-14(2)23-13)17-6-4-3-5-16(17)20-18(22)15-7-9-19-10-8-15/h3-6,13-15,19H,7-12H2,1-2H3,(H,20,22). The van der Waals surface area contributed by atoms with E-state index in [2.05, 4.69) is 35.4 Å². The Hall–Kier alpha value is -1.59. The SMILES string of the molecule is CC1CN(c2ccccc2NC(=O)C2CCNCC2)CC(C)O1. The highest BCUT2D eigenvalue weighted by Crippen LogP contribution is 2.29. The van der Waals surface area contributed by atoms with Crippen LogP contribution in [-0.2, 0) is 9.53 Å². The maximum atomic E-state index is 12.5. The highest BCUT2D eigenvalue weighted by Gasteiger charge is 2.26. The molecule has 5 nitrogen and oxygen atoms in total. The second-order valence-corrected chi connectivity index (χ2v) is 6.69. The third kappa shape index (κ3) is 4.03. The predicted octanol–water partition coefficient (Wildman–Crippen LogP) is 2.24. The molecule has 5 heteroatoms. The lowest BCUT2D eigenvalue weighted by molar-refractivity contribution is -0.120. The monoisotopic (exact) mass is 317 g/mol. The maximum absolute atomic E-state index is 12.5. The van der Waals surface area contributed by atoms with Crippen molar-refractivity contribution in [3.63, 3.8) is 0 Å². The van der Waals surface area contributed by atoms with Crippen molar-refractivity contribution < 1.29 is 9.53 Å². The van der Waals surface area contributed by atoms with Crippen LogP contribution in [0.25, 0.3) is 0 Å². The first kappa shape index (κ1) is 16.3.